The van der Waals surface area contributed by atoms with Crippen molar-refractivity contribution < 1.29 is 4.79 Å². The fourth-order valence-electron chi connectivity index (χ4n) is 4.51. The molecule has 5 nitrogen and oxygen atoms in total. The third kappa shape index (κ3) is 3.83. The van der Waals surface area contributed by atoms with Crippen LogP contribution in [0.25, 0.3) is 22.2 Å². The minimum Gasteiger partial charge on any atom is -0.348 e. The Balaban J connectivity index is 1.36. The fraction of sp³-hybridized carbons (Fsp3) is 0.269. The highest BCUT2D eigenvalue weighted by atomic mass is 16.1. The summed E-state index contributed by atoms with van der Waals surface area (Å²) in [6, 6.07) is 18.5. The zero-order valence-corrected chi connectivity index (χ0v) is 17.7. The van der Waals surface area contributed by atoms with E-state index in [-0.39, 0.29) is 5.91 Å². The normalized spacial score (nSPS) is 14.2. The number of rotatable bonds is 5. The summed E-state index contributed by atoms with van der Waals surface area (Å²) in [6.45, 7) is 2.44. The van der Waals surface area contributed by atoms with Crippen molar-refractivity contribution in [3.05, 3.63) is 83.7 Å². The van der Waals surface area contributed by atoms with Crippen LogP contribution < -0.4 is 5.32 Å². The number of fused-ring (bicyclic) bond motifs is 1. The molecule has 0 unspecified atom stereocenters. The largest absolute Gasteiger partial charge is 0.348 e. The highest BCUT2D eigenvalue weighted by Gasteiger charge is 2.22. The van der Waals surface area contributed by atoms with Crippen LogP contribution in [0.1, 0.15) is 53.2 Å². The van der Waals surface area contributed by atoms with Crippen LogP contribution in [0.15, 0.2) is 67.0 Å². The zero-order valence-electron chi connectivity index (χ0n) is 17.7. The first-order valence-corrected chi connectivity index (χ1v) is 11.0. The van der Waals surface area contributed by atoms with E-state index in [0.717, 1.165) is 38.9 Å². The molecule has 1 N–H and O–H groups in total. The maximum Gasteiger partial charge on any atom is 0.251 e. The number of aromatic nitrogens is 3. The van der Waals surface area contributed by atoms with E-state index in [1.54, 1.807) is 0 Å². The lowest BCUT2D eigenvalue weighted by atomic mass is 10.1. The third-order valence-corrected chi connectivity index (χ3v) is 6.25. The second-order valence-electron chi connectivity index (χ2n) is 8.32. The van der Waals surface area contributed by atoms with Crippen molar-refractivity contribution in [3.63, 3.8) is 0 Å². The molecule has 1 saturated carbocycles. The van der Waals surface area contributed by atoms with Crippen molar-refractivity contribution in [1.29, 1.82) is 0 Å². The van der Waals surface area contributed by atoms with Gasteiger partial charge in [-0.25, -0.2) is 0 Å². The molecule has 31 heavy (non-hydrogen) atoms. The Morgan fingerprint density at radius 1 is 1.06 bits per heavy atom. The van der Waals surface area contributed by atoms with Gasteiger partial charge in [0.25, 0.3) is 5.91 Å². The number of pyridine rings is 1. The number of benzene rings is 2. The van der Waals surface area contributed by atoms with Crippen molar-refractivity contribution in [2.45, 2.75) is 45.2 Å². The summed E-state index contributed by atoms with van der Waals surface area (Å²) in [5.41, 5.74) is 5.97. The number of aryl methyl sites for hydroxylation is 1. The summed E-state index contributed by atoms with van der Waals surface area (Å²) >= 11 is 0. The summed E-state index contributed by atoms with van der Waals surface area (Å²) in [5, 5.41) is 9.11. The topological polar surface area (TPSA) is 59.8 Å². The molecule has 0 saturated heterocycles. The maximum absolute atomic E-state index is 12.5. The number of carbonyl (C=O) groups is 1. The molecule has 0 spiro atoms. The smallest absolute Gasteiger partial charge is 0.251 e. The van der Waals surface area contributed by atoms with E-state index in [1.807, 2.05) is 43.6 Å². The van der Waals surface area contributed by atoms with Crippen LogP contribution in [0.5, 0.6) is 0 Å². The van der Waals surface area contributed by atoms with Crippen LogP contribution in [-0.4, -0.2) is 20.7 Å². The van der Waals surface area contributed by atoms with Gasteiger partial charge in [0, 0.05) is 35.5 Å². The van der Waals surface area contributed by atoms with Crippen molar-refractivity contribution >= 4 is 16.8 Å². The van der Waals surface area contributed by atoms with Gasteiger partial charge in [0.1, 0.15) is 5.69 Å². The molecule has 0 aliphatic heterocycles. The molecule has 0 radical (unpaired) electrons. The first kappa shape index (κ1) is 19.5. The highest BCUT2D eigenvalue weighted by Crippen LogP contribution is 2.35. The van der Waals surface area contributed by atoms with Crippen LogP contribution in [0.2, 0.25) is 0 Å². The van der Waals surface area contributed by atoms with Gasteiger partial charge in [-0.2, -0.15) is 5.10 Å². The van der Waals surface area contributed by atoms with Crippen LogP contribution in [0.4, 0.5) is 0 Å². The molecule has 2 heterocycles. The standard InChI is InChI=1S/C26H26N4O/c1-18-6-2-5-9-22(18)26(31)28-16-19-10-12-20(13-11-19)25-23-17-27-15-14-24(23)30(29-25)21-7-3-4-8-21/h2,5-6,9-15,17,21H,3-4,7-8,16H2,1H3,(H,28,31). The summed E-state index contributed by atoms with van der Waals surface area (Å²) in [7, 11) is 0. The summed E-state index contributed by atoms with van der Waals surface area (Å²) in [5.74, 6) is -0.0467. The predicted molar refractivity (Wildman–Crippen MR) is 123 cm³/mol. The minimum atomic E-state index is -0.0467. The Morgan fingerprint density at radius 3 is 2.61 bits per heavy atom. The van der Waals surface area contributed by atoms with Gasteiger partial charge in [0.15, 0.2) is 0 Å². The average molecular weight is 411 g/mol. The van der Waals surface area contributed by atoms with Gasteiger partial charge in [-0.3, -0.25) is 14.5 Å². The molecule has 1 fully saturated rings. The summed E-state index contributed by atoms with van der Waals surface area (Å²) in [4.78, 5) is 16.8. The van der Waals surface area contributed by atoms with E-state index >= 15 is 0 Å². The Morgan fingerprint density at radius 2 is 1.84 bits per heavy atom. The molecule has 0 atom stereocenters. The summed E-state index contributed by atoms with van der Waals surface area (Å²) < 4.78 is 2.20. The lowest BCUT2D eigenvalue weighted by Gasteiger charge is -2.10. The SMILES string of the molecule is Cc1ccccc1C(=O)NCc1ccc(-c2nn(C3CCCC3)c3ccncc23)cc1. The van der Waals surface area contributed by atoms with E-state index in [4.69, 9.17) is 5.10 Å². The molecule has 156 valence electrons. The van der Waals surface area contributed by atoms with Crippen molar-refractivity contribution in [1.82, 2.24) is 20.1 Å². The monoisotopic (exact) mass is 410 g/mol. The van der Waals surface area contributed by atoms with Crippen LogP contribution >= 0.6 is 0 Å². The molecule has 5 rings (SSSR count). The fourth-order valence-corrected chi connectivity index (χ4v) is 4.51. The van der Waals surface area contributed by atoms with E-state index in [2.05, 4.69) is 45.3 Å². The van der Waals surface area contributed by atoms with Gasteiger partial charge >= 0.3 is 0 Å². The quantitative estimate of drug-likeness (QED) is 0.476. The van der Waals surface area contributed by atoms with Crippen molar-refractivity contribution in [2.24, 2.45) is 0 Å². The maximum atomic E-state index is 12.5. The molecule has 1 aliphatic carbocycles. The van der Waals surface area contributed by atoms with Gasteiger partial charge in [-0.05, 0) is 43.0 Å². The Kier molecular flexibility index (Phi) is 5.24. The van der Waals surface area contributed by atoms with E-state index in [0.29, 0.717) is 12.6 Å². The third-order valence-electron chi connectivity index (χ3n) is 6.25. The molecule has 4 aromatic rings. The van der Waals surface area contributed by atoms with Crippen LogP contribution in [-0.2, 0) is 6.54 Å². The number of hydrogen-bond acceptors (Lipinski definition) is 3. The van der Waals surface area contributed by atoms with Gasteiger partial charge in [-0.1, -0.05) is 55.3 Å². The molecular formula is C26H26N4O. The van der Waals surface area contributed by atoms with Gasteiger partial charge < -0.3 is 5.32 Å². The Hall–Kier alpha value is -3.47. The first-order chi connectivity index (χ1) is 15.2. The number of carbonyl (C=O) groups excluding carboxylic acids is 1. The van der Waals surface area contributed by atoms with E-state index < -0.39 is 0 Å². The van der Waals surface area contributed by atoms with Gasteiger partial charge in [0.05, 0.1) is 11.6 Å². The number of nitrogens with one attached hydrogen (secondary N) is 1. The minimum absolute atomic E-state index is 0.0467. The molecule has 2 aromatic heterocycles. The number of amides is 1. The van der Waals surface area contributed by atoms with Crippen LogP contribution in [0, 0.1) is 6.92 Å². The molecule has 2 aromatic carbocycles. The van der Waals surface area contributed by atoms with Crippen molar-refractivity contribution in [2.75, 3.05) is 0 Å². The number of hydrogen-bond donors (Lipinski definition) is 1. The predicted octanol–water partition coefficient (Wildman–Crippen LogP) is 5.45. The second kappa shape index (κ2) is 8.34. The lowest BCUT2D eigenvalue weighted by molar-refractivity contribution is 0.0950. The molecular weight excluding hydrogens is 384 g/mol. The average Bonchev–Trinajstić information content (AvgIpc) is 3.46. The second-order valence-corrected chi connectivity index (χ2v) is 8.32. The zero-order chi connectivity index (χ0) is 21.2. The molecule has 0 bridgehead atoms. The Labute approximate surface area is 182 Å². The van der Waals surface area contributed by atoms with Gasteiger partial charge in [-0.15, -0.1) is 0 Å². The summed E-state index contributed by atoms with van der Waals surface area (Å²) in [6.07, 6.45) is 8.69. The molecule has 1 aliphatic rings. The van der Waals surface area contributed by atoms with E-state index in [9.17, 15) is 4.79 Å². The van der Waals surface area contributed by atoms with Gasteiger partial charge in [0.2, 0.25) is 0 Å². The molecule has 1 amide bonds. The van der Waals surface area contributed by atoms with E-state index in [1.165, 1.54) is 25.7 Å². The molecule has 5 heteroatoms. The van der Waals surface area contributed by atoms with Crippen LogP contribution in [0.3, 0.4) is 0 Å². The Bertz CT molecular complexity index is 1220. The number of nitrogens with zero attached hydrogens (tertiary/aromatic N) is 3. The lowest BCUT2D eigenvalue weighted by Crippen LogP contribution is -2.23. The highest BCUT2D eigenvalue weighted by molar-refractivity contribution is 5.95. The van der Waals surface area contributed by atoms with Crippen molar-refractivity contribution in [3.8, 4) is 11.3 Å². The first-order valence-electron chi connectivity index (χ1n) is 11.0.